The summed E-state index contributed by atoms with van der Waals surface area (Å²) >= 11 is 0. The number of ether oxygens (including phenoxy) is 2. The maximum atomic E-state index is 12.4. The number of nitrogens with zero attached hydrogens (tertiary/aromatic N) is 2. The van der Waals surface area contributed by atoms with E-state index in [1.54, 1.807) is 24.3 Å². The van der Waals surface area contributed by atoms with Gasteiger partial charge in [0.05, 0.1) is 7.11 Å². The van der Waals surface area contributed by atoms with Gasteiger partial charge in [0.2, 0.25) is 0 Å². The van der Waals surface area contributed by atoms with Gasteiger partial charge >= 0.3 is 12.2 Å². The summed E-state index contributed by atoms with van der Waals surface area (Å²) in [5, 5.41) is 13.9. The van der Waals surface area contributed by atoms with Crippen LogP contribution in [0.4, 0.5) is 0 Å². The standard InChI is InChI=1S/C16H18N4O4/c1-22-15-19-20-16(24-15)23-11-5-2-9(3-6-11)14(21)18-13-8-10-4-7-12(13)17-10/h2-3,5-6,10,12-13,17H,4,7-8H2,1H3,(H,18,21). The molecule has 2 aliphatic heterocycles. The summed E-state index contributed by atoms with van der Waals surface area (Å²) in [6, 6.07) is 7.97. The molecule has 126 valence electrons. The Morgan fingerprint density at radius 1 is 1.25 bits per heavy atom. The zero-order valence-corrected chi connectivity index (χ0v) is 13.2. The molecule has 4 rings (SSSR count). The molecule has 1 amide bonds. The van der Waals surface area contributed by atoms with Crippen LogP contribution < -0.4 is 20.1 Å². The van der Waals surface area contributed by atoms with Crippen molar-refractivity contribution in [2.75, 3.05) is 7.11 Å². The summed E-state index contributed by atoms with van der Waals surface area (Å²) in [7, 11) is 1.43. The summed E-state index contributed by atoms with van der Waals surface area (Å²) in [6.07, 6.45) is 3.37. The predicted molar refractivity (Wildman–Crippen MR) is 83.2 cm³/mol. The van der Waals surface area contributed by atoms with Crippen molar-refractivity contribution in [1.29, 1.82) is 0 Å². The molecular formula is C16H18N4O4. The van der Waals surface area contributed by atoms with Crippen LogP contribution in [0.25, 0.3) is 0 Å². The molecular weight excluding hydrogens is 312 g/mol. The van der Waals surface area contributed by atoms with Crippen LogP contribution in [-0.2, 0) is 0 Å². The highest BCUT2D eigenvalue weighted by Gasteiger charge is 2.39. The molecule has 2 aliphatic rings. The topological polar surface area (TPSA) is 98.5 Å². The SMILES string of the molecule is COc1nnc(Oc2ccc(C(=O)NC3CC4CCC3N4)cc2)o1. The van der Waals surface area contributed by atoms with Gasteiger partial charge in [-0.25, -0.2) is 0 Å². The van der Waals surface area contributed by atoms with Gasteiger partial charge in [-0.3, -0.25) is 4.79 Å². The zero-order valence-electron chi connectivity index (χ0n) is 13.2. The number of amides is 1. The highest BCUT2D eigenvalue weighted by Crippen LogP contribution is 2.28. The van der Waals surface area contributed by atoms with E-state index >= 15 is 0 Å². The van der Waals surface area contributed by atoms with E-state index in [1.807, 2.05) is 0 Å². The third-order valence-electron chi connectivity index (χ3n) is 4.50. The molecule has 3 atom stereocenters. The second-order valence-electron chi connectivity index (χ2n) is 6.03. The number of rotatable bonds is 5. The lowest BCUT2D eigenvalue weighted by molar-refractivity contribution is 0.0931. The molecule has 8 heteroatoms. The average molecular weight is 330 g/mol. The van der Waals surface area contributed by atoms with Gasteiger partial charge < -0.3 is 24.5 Å². The molecule has 2 N–H and O–H groups in total. The molecule has 0 saturated carbocycles. The molecule has 3 heterocycles. The number of carbonyl (C=O) groups is 1. The number of carbonyl (C=O) groups excluding carboxylic acids is 1. The molecule has 3 unspecified atom stereocenters. The van der Waals surface area contributed by atoms with E-state index in [0.29, 0.717) is 23.4 Å². The van der Waals surface area contributed by atoms with Gasteiger partial charge in [-0.1, -0.05) is 10.2 Å². The van der Waals surface area contributed by atoms with E-state index in [-0.39, 0.29) is 24.1 Å². The highest BCUT2D eigenvalue weighted by atomic mass is 16.7. The predicted octanol–water partition coefficient (Wildman–Crippen LogP) is 1.49. The molecule has 2 fully saturated rings. The fraction of sp³-hybridized carbons (Fsp3) is 0.438. The minimum absolute atomic E-state index is 0.0166. The molecule has 0 radical (unpaired) electrons. The van der Waals surface area contributed by atoms with Crippen molar-refractivity contribution in [3.63, 3.8) is 0 Å². The van der Waals surface area contributed by atoms with Gasteiger partial charge in [0.1, 0.15) is 5.75 Å². The quantitative estimate of drug-likeness (QED) is 0.857. The van der Waals surface area contributed by atoms with Crippen LogP contribution in [-0.4, -0.2) is 41.3 Å². The molecule has 8 nitrogen and oxygen atoms in total. The summed E-state index contributed by atoms with van der Waals surface area (Å²) in [5.74, 6) is 0.430. The Kier molecular flexibility index (Phi) is 3.81. The second kappa shape index (κ2) is 6.12. The number of methoxy groups -OCH3 is 1. The van der Waals surface area contributed by atoms with Crippen LogP contribution in [0.5, 0.6) is 17.9 Å². The fourth-order valence-corrected chi connectivity index (χ4v) is 3.33. The van der Waals surface area contributed by atoms with Crippen molar-refractivity contribution in [3.05, 3.63) is 29.8 Å². The van der Waals surface area contributed by atoms with Crippen LogP contribution in [0.3, 0.4) is 0 Å². The first-order valence-corrected chi connectivity index (χ1v) is 7.93. The number of hydrogen-bond donors (Lipinski definition) is 2. The van der Waals surface area contributed by atoms with Gasteiger partial charge in [-0.15, -0.1) is 0 Å². The van der Waals surface area contributed by atoms with Crippen molar-refractivity contribution >= 4 is 5.91 Å². The lowest BCUT2D eigenvalue weighted by atomic mass is 9.95. The summed E-state index contributed by atoms with van der Waals surface area (Å²) in [5.41, 5.74) is 0.591. The lowest BCUT2D eigenvalue weighted by Gasteiger charge is -2.21. The first-order valence-electron chi connectivity index (χ1n) is 7.93. The number of fused-ring (bicyclic) bond motifs is 2. The Morgan fingerprint density at radius 2 is 2.04 bits per heavy atom. The Labute approximate surface area is 138 Å². The molecule has 1 aromatic carbocycles. The molecule has 0 aliphatic carbocycles. The molecule has 24 heavy (non-hydrogen) atoms. The fourth-order valence-electron chi connectivity index (χ4n) is 3.33. The maximum Gasteiger partial charge on any atom is 0.422 e. The van der Waals surface area contributed by atoms with E-state index < -0.39 is 0 Å². The summed E-state index contributed by atoms with van der Waals surface area (Å²) < 4.78 is 15.3. The Hall–Kier alpha value is -2.61. The summed E-state index contributed by atoms with van der Waals surface area (Å²) in [4.78, 5) is 12.4. The van der Waals surface area contributed by atoms with Gasteiger partial charge in [-0.05, 0) is 43.5 Å². The Bertz CT molecular complexity index is 730. The second-order valence-corrected chi connectivity index (χ2v) is 6.03. The van der Waals surface area contributed by atoms with Crippen molar-refractivity contribution in [2.45, 2.75) is 37.4 Å². The van der Waals surface area contributed by atoms with Crippen molar-refractivity contribution < 1.29 is 18.7 Å². The molecule has 2 saturated heterocycles. The minimum atomic E-state index is -0.0691. The molecule has 0 spiro atoms. The van der Waals surface area contributed by atoms with Crippen molar-refractivity contribution in [3.8, 4) is 17.9 Å². The lowest BCUT2D eigenvalue weighted by Crippen LogP contribution is -2.42. The van der Waals surface area contributed by atoms with E-state index in [0.717, 1.165) is 12.8 Å². The monoisotopic (exact) mass is 330 g/mol. The Balaban J connectivity index is 1.37. The molecule has 1 aromatic heterocycles. The van der Waals surface area contributed by atoms with Crippen molar-refractivity contribution in [2.24, 2.45) is 0 Å². The Morgan fingerprint density at radius 3 is 2.67 bits per heavy atom. The largest absolute Gasteiger partial charge is 0.452 e. The molecule has 2 bridgehead atoms. The third kappa shape index (κ3) is 2.92. The van der Waals surface area contributed by atoms with Crippen LogP contribution in [0.2, 0.25) is 0 Å². The van der Waals surface area contributed by atoms with Gasteiger partial charge in [0.15, 0.2) is 0 Å². The first kappa shape index (κ1) is 14.9. The smallest absolute Gasteiger partial charge is 0.422 e. The third-order valence-corrected chi connectivity index (χ3v) is 4.50. The zero-order chi connectivity index (χ0) is 16.5. The van der Waals surface area contributed by atoms with Crippen LogP contribution in [0.1, 0.15) is 29.6 Å². The van der Waals surface area contributed by atoms with Gasteiger partial charge in [0, 0.05) is 23.7 Å². The molecule has 2 aromatic rings. The number of aromatic nitrogens is 2. The highest BCUT2D eigenvalue weighted by molar-refractivity contribution is 5.94. The van der Waals surface area contributed by atoms with Crippen LogP contribution in [0.15, 0.2) is 28.7 Å². The van der Waals surface area contributed by atoms with Crippen LogP contribution in [0, 0.1) is 0 Å². The van der Waals surface area contributed by atoms with Crippen LogP contribution >= 0.6 is 0 Å². The number of nitrogens with one attached hydrogen (secondary N) is 2. The van der Waals surface area contributed by atoms with E-state index in [2.05, 4.69) is 20.8 Å². The van der Waals surface area contributed by atoms with E-state index in [1.165, 1.54) is 13.5 Å². The summed E-state index contributed by atoms with van der Waals surface area (Å²) in [6.45, 7) is 0. The number of hydrogen-bond acceptors (Lipinski definition) is 7. The average Bonchev–Trinajstić information content (AvgIpc) is 3.32. The number of benzene rings is 1. The van der Waals surface area contributed by atoms with E-state index in [9.17, 15) is 4.79 Å². The normalized spacial score (nSPS) is 24.8. The van der Waals surface area contributed by atoms with Gasteiger partial charge in [0.25, 0.3) is 5.91 Å². The minimum Gasteiger partial charge on any atom is -0.452 e. The maximum absolute atomic E-state index is 12.4. The van der Waals surface area contributed by atoms with Gasteiger partial charge in [-0.2, -0.15) is 0 Å². The van der Waals surface area contributed by atoms with Crippen molar-refractivity contribution in [1.82, 2.24) is 20.8 Å². The van der Waals surface area contributed by atoms with E-state index in [4.69, 9.17) is 13.9 Å². The first-order chi connectivity index (χ1) is 11.7.